The van der Waals surface area contributed by atoms with Gasteiger partial charge in [0.1, 0.15) is 5.25 Å². The Balaban J connectivity index is 2.92. The molecule has 1 amide bonds. The average Bonchev–Trinajstić information content (AvgIpc) is 2.27. The molecule has 0 radical (unpaired) electrons. The van der Waals surface area contributed by atoms with Crippen LogP contribution in [0.1, 0.15) is 13.8 Å². The summed E-state index contributed by atoms with van der Waals surface area (Å²) in [7, 11) is -1.44. The van der Waals surface area contributed by atoms with Gasteiger partial charge in [0.15, 0.2) is 0 Å². The summed E-state index contributed by atoms with van der Waals surface area (Å²) in [5, 5.41) is 2.03. The topological polar surface area (TPSA) is 72.2 Å². The normalized spacial score (nSPS) is 14.1. The molecule has 4 nitrogen and oxygen atoms in total. The first-order valence-electron chi connectivity index (χ1n) is 5.20. The lowest BCUT2D eigenvalue weighted by atomic mass is 10.3. The highest BCUT2D eigenvalue weighted by molar-refractivity contribution is 9.10. The number of nitrogen functional groups attached to an aromatic ring is 1. The summed E-state index contributed by atoms with van der Waals surface area (Å²) in [6, 6.07) is 5.11. The lowest BCUT2D eigenvalue weighted by Gasteiger charge is -2.12. The number of anilines is 1. The van der Waals surface area contributed by atoms with E-state index in [1.54, 1.807) is 25.1 Å². The van der Waals surface area contributed by atoms with Gasteiger partial charge in [0.05, 0.1) is 15.7 Å². The fourth-order valence-electron chi connectivity index (χ4n) is 1.31. The van der Waals surface area contributed by atoms with Gasteiger partial charge in [-0.15, -0.1) is 0 Å². The Morgan fingerprint density at radius 2 is 2.24 bits per heavy atom. The van der Waals surface area contributed by atoms with Crippen LogP contribution >= 0.6 is 15.9 Å². The summed E-state index contributed by atoms with van der Waals surface area (Å²) < 4.78 is 13.0. The van der Waals surface area contributed by atoms with Crippen molar-refractivity contribution in [1.29, 1.82) is 0 Å². The lowest BCUT2D eigenvalue weighted by Crippen LogP contribution is -2.35. The minimum atomic E-state index is -1.44. The van der Waals surface area contributed by atoms with Crippen molar-refractivity contribution >= 4 is 38.3 Å². The molecule has 0 saturated heterocycles. The second-order valence-electron chi connectivity index (χ2n) is 3.52. The maximum absolute atomic E-state index is 12.1. The number of carbonyl (C=O) groups is 1. The first kappa shape index (κ1) is 14.2. The van der Waals surface area contributed by atoms with Gasteiger partial charge in [0.25, 0.3) is 0 Å². The van der Waals surface area contributed by atoms with E-state index in [0.717, 1.165) is 4.47 Å². The molecule has 1 aromatic rings. The Labute approximate surface area is 112 Å². The van der Waals surface area contributed by atoms with Gasteiger partial charge in [-0.3, -0.25) is 9.00 Å². The molecule has 94 valence electrons. The van der Waals surface area contributed by atoms with Gasteiger partial charge in [-0.25, -0.2) is 0 Å². The number of halogens is 1. The van der Waals surface area contributed by atoms with E-state index in [-0.39, 0.29) is 5.91 Å². The van der Waals surface area contributed by atoms with Crippen LogP contribution in [0.5, 0.6) is 0 Å². The predicted octanol–water partition coefficient (Wildman–Crippen LogP) is 1.66. The molecular formula is C11H15BrN2O2S. The lowest BCUT2D eigenvalue weighted by molar-refractivity contribution is -0.120. The molecule has 2 unspecified atom stereocenters. The zero-order chi connectivity index (χ0) is 13.0. The van der Waals surface area contributed by atoms with Crippen LogP contribution in [0.3, 0.4) is 0 Å². The largest absolute Gasteiger partial charge is 0.398 e. The van der Waals surface area contributed by atoms with Gasteiger partial charge in [0.2, 0.25) is 5.91 Å². The zero-order valence-corrected chi connectivity index (χ0v) is 12.1. The van der Waals surface area contributed by atoms with Crippen molar-refractivity contribution in [3.63, 3.8) is 0 Å². The Bertz CT molecular complexity index is 451. The summed E-state index contributed by atoms with van der Waals surface area (Å²) in [6.45, 7) is 3.97. The van der Waals surface area contributed by atoms with Crippen LogP contribution in [0.25, 0.3) is 0 Å². The highest BCUT2D eigenvalue weighted by atomic mass is 79.9. The average molecular weight is 319 g/mol. The van der Waals surface area contributed by atoms with Crippen molar-refractivity contribution in [2.75, 3.05) is 12.3 Å². The summed E-state index contributed by atoms with van der Waals surface area (Å²) in [4.78, 5) is 12.1. The molecule has 0 aromatic heterocycles. The molecule has 0 saturated carbocycles. The Morgan fingerprint density at radius 3 is 2.76 bits per heavy atom. The number of hydrogen-bond donors (Lipinski definition) is 2. The zero-order valence-electron chi connectivity index (χ0n) is 9.70. The van der Waals surface area contributed by atoms with Crippen LogP contribution in [-0.4, -0.2) is 21.9 Å². The molecule has 0 aliphatic heterocycles. The highest BCUT2D eigenvalue weighted by Gasteiger charge is 2.22. The molecule has 0 aliphatic carbocycles. The molecule has 0 bridgehead atoms. The minimum absolute atomic E-state index is 0.229. The predicted molar refractivity (Wildman–Crippen MR) is 73.1 cm³/mol. The van der Waals surface area contributed by atoms with Gasteiger partial charge in [0, 0.05) is 16.7 Å². The molecule has 0 fully saturated rings. The smallest absolute Gasteiger partial charge is 0.235 e. The Kier molecular flexibility index (Phi) is 5.14. The van der Waals surface area contributed by atoms with Crippen LogP contribution in [-0.2, 0) is 15.6 Å². The number of carbonyl (C=O) groups excluding carboxylic acids is 1. The number of rotatable bonds is 4. The SMILES string of the molecule is CCNC(=O)C(C)S(=O)c1ccc(Br)cc1N. The third kappa shape index (κ3) is 3.54. The van der Waals surface area contributed by atoms with E-state index in [4.69, 9.17) is 5.73 Å². The van der Waals surface area contributed by atoms with Crippen LogP contribution in [0.4, 0.5) is 5.69 Å². The first-order valence-corrected chi connectivity index (χ1v) is 7.21. The molecule has 1 aromatic carbocycles. The number of amides is 1. The molecule has 2 atom stereocenters. The third-order valence-electron chi connectivity index (χ3n) is 2.23. The van der Waals surface area contributed by atoms with E-state index in [9.17, 15) is 9.00 Å². The number of hydrogen-bond acceptors (Lipinski definition) is 3. The van der Waals surface area contributed by atoms with Crippen molar-refractivity contribution in [1.82, 2.24) is 5.32 Å². The highest BCUT2D eigenvalue weighted by Crippen LogP contribution is 2.23. The second-order valence-corrected chi connectivity index (χ2v) is 6.17. The van der Waals surface area contributed by atoms with Gasteiger partial charge in [-0.2, -0.15) is 0 Å². The fourth-order valence-corrected chi connectivity index (χ4v) is 2.84. The van der Waals surface area contributed by atoms with Gasteiger partial charge in [-0.05, 0) is 32.0 Å². The number of nitrogens with two attached hydrogens (primary N) is 1. The Hall–Kier alpha value is -0.880. The first-order chi connectivity index (χ1) is 7.97. The van der Waals surface area contributed by atoms with E-state index in [1.807, 2.05) is 6.92 Å². The summed E-state index contributed by atoms with van der Waals surface area (Å²) in [5.74, 6) is -0.229. The van der Waals surface area contributed by atoms with Crippen LogP contribution in [0, 0.1) is 0 Å². The molecule has 0 heterocycles. The second kappa shape index (κ2) is 6.16. The van der Waals surface area contributed by atoms with Crippen molar-refractivity contribution < 1.29 is 9.00 Å². The van der Waals surface area contributed by atoms with Crippen molar-refractivity contribution in [2.24, 2.45) is 0 Å². The van der Waals surface area contributed by atoms with Crippen molar-refractivity contribution in [2.45, 2.75) is 24.0 Å². The molecule has 0 spiro atoms. The standard InChI is InChI=1S/C11H15BrN2O2S/c1-3-14-11(15)7(2)17(16)10-5-4-8(12)6-9(10)13/h4-7H,3,13H2,1-2H3,(H,14,15). The summed E-state index contributed by atoms with van der Waals surface area (Å²) in [6.07, 6.45) is 0. The number of benzene rings is 1. The molecule has 17 heavy (non-hydrogen) atoms. The van der Waals surface area contributed by atoms with E-state index in [1.165, 1.54) is 0 Å². The molecular weight excluding hydrogens is 304 g/mol. The Morgan fingerprint density at radius 1 is 1.59 bits per heavy atom. The van der Waals surface area contributed by atoms with Crippen molar-refractivity contribution in [3.8, 4) is 0 Å². The van der Waals surface area contributed by atoms with E-state index in [2.05, 4.69) is 21.2 Å². The van der Waals surface area contributed by atoms with E-state index >= 15 is 0 Å². The van der Waals surface area contributed by atoms with E-state index in [0.29, 0.717) is 17.1 Å². The molecule has 6 heteroatoms. The third-order valence-corrected chi connectivity index (χ3v) is 4.38. The number of nitrogens with one attached hydrogen (secondary N) is 1. The van der Waals surface area contributed by atoms with Crippen molar-refractivity contribution in [3.05, 3.63) is 22.7 Å². The molecule has 1 rings (SSSR count). The quantitative estimate of drug-likeness (QED) is 0.829. The van der Waals surface area contributed by atoms with Gasteiger partial charge >= 0.3 is 0 Å². The van der Waals surface area contributed by atoms with Crippen LogP contribution in [0.2, 0.25) is 0 Å². The van der Waals surface area contributed by atoms with Gasteiger partial charge in [-0.1, -0.05) is 15.9 Å². The minimum Gasteiger partial charge on any atom is -0.398 e. The molecule has 3 N–H and O–H groups in total. The fraction of sp³-hybridized carbons (Fsp3) is 0.364. The summed E-state index contributed by atoms with van der Waals surface area (Å²) >= 11 is 3.28. The monoisotopic (exact) mass is 318 g/mol. The maximum Gasteiger partial charge on any atom is 0.235 e. The maximum atomic E-state index is 12.1. The van der Waals surface area contributed by atoms with E-state index < -0.39 is 16.0 Å². The van der Waals surface area contributed by atoms with Crippen LogP contribution < -0.4 is 11.1 Å². The van der Waals surface area contributed by atoms with Crippen LogP contribution in [0.15, 0.2) is 27.6 Å². The summed E-state index contributed by atoms with van der Waals surface area (Å²) in [5.41, 5.74) is 6.20. The molecule has 0 aliphatic rings. The van der Waals surface area contributed by atoms with Gasteiger partial charge < -0.3 is 11.1 Å².